The Balaban J connectivity index is 0.00000288. The van der Waals surface area contributed by atoms with Crippen molar-refractivity contribution in [1.29, 1.82) is 0 Å². The molecule has 0 heterocycles. The highest BCUT2D eigenvalue weighted by Gasteiger charge is 2.07. The lowest BCUT2D eigenvalue weighted by Crippen LogP contribution is -2.23. The molecule has 0 aliphatic carbocycles. The average molecular weight is 356 g/mol. The van der Waals surface area contributed by atoms with E-state index in [0.717, 1.165) is 11.1 Å². The third-order valence-electron chi connectivity index (χ3n) is 3.30. The Hall–Kier alpha value is -1.82. The Labute approximate surface area is 148 Å². The van der Waals surface area contributed by atoms with Crippen LogP contribution in [0.1, 0.15) is 18.1 Å². The van der Waals surface area contributed by atoms with E-state index in [9.17, 15) is 9.50 Å². The molecule has 0 bridgehead atoms. The molecule has 0 amide bonds. The van der Waals surface area contributed by atoms with E-state index < -0.39 is 0 Å². The van der Waals surface area contributed by atoms with Gasteiger partial charge < -0.3 is 19.9 Å². The number of benzene rings is 2. The number of hydrogen-bond donors (Lipinski definition) is 2. The predicted molar refractivity (Wildman–Crippen MR) is 94.4 cm³/mol. The zero-order valence-corrected chi connectivity index (χ0v) is 14.6. The highest BCUT2D eigenvalue weighted by atomic mass is 35.5. The van der Waals surface area contributed by atoms with Gasteiger partial charge in [-0.2, -0.15) is 0 Å². The SMILES string of the molecule is COc1cc(CNCC(C)O)ccc1OCc1ccc(F)cc1.Cl. The van der Waals surface area contributed by atoms with Crippen molar-refractivity contribution in [3.63, 3.8) is 0 Å². The van der Waals surface area contributed by atoms with Crippen molar-refractivity contribution in [2.45, 2.75) is 26.2 Å². The molecule has 24 heavy (non-hydrogen) atoms. The molecule has 0 fully saturated rings. The third-order valence-corrected chi connectivity index (χ3v) is 3.30. The van der Waals surface area contributed by atoms with Crippen LogP contribution in [0.5, 0.6) is 11.5 Å². The summed E-state index contributed by atoms with van der Waals surface area (Å²) in [6.45, 7) is 3.25. The molecule has 4 nitrogen and oxygen atoms in total. The lowest BCUT2D eigenvalue weighted by Gasteiger charge is -2.13. The van der Waals surface area contributed by atoms with Gasteiger partial charge in [-0.15, -0.1) is 12.4 Å². The molecule has 0 saturated carbocycles. The molecule has 2 rings (SSSR count). The highest BCUT2D eigenvalue weighted by molar-refractivity contribution is 5.85. The highest BCUT2D eigenvalue weighted by Crippen LogP contribution is 2.28. The number of ether oxygens (including phenoxy) is 2. The van der Waals surface area contributed by atoms with Gasteiger partial charge in [-0.25, -0.2) is 4.39 Å². The molecule has 6 heteroatoms. The molecule has 0 saturated heterocycles. The van der Waals surface area contributed by atoms with Gasteiger partial charge in [0.05, 0.1) is 13.2 Å². The fraction of sp³-hybridized carbons (Fsp3) is 0.333. The minimum absolute atomic E-state index is 0. The van der Waals surface area contributed by atoms with Crippen LogP contribution in [0.3, 0.4) is 0 Å². The molecular weight excluding hydrogens is 333 g/mol. The van der Waals surface area contributed by atoms with E-state index >= 15 is 0 Å². The fourth-order valence-electron chi connectivity index (χ4n) is 2.11. The van der Waals surface area contributed by atoms with Crippen molar-refractivity contribution < 1.29 is 19.0 Å². The van der Waals surface area contributed by atoms with Crippen LogP contribution in [0, 0.1) is 5.82 Å². The minimum atomic E-state index is -0.379. The first-order chi connectivity index (χ1) is 11.1. The quantitative estimate of drug-likeness (QED) is 0.762. The molecule has 2 N–H and O–H groups in total. The van der Waals surface area contributed by atoms with Gasteiger partial charge in [0.15, 0.2) is 11.5 Å². The van der Waals surface area contributed by atoms with Crippen LogP contribution in [0.4, 0.5) is 4.39 Å². The van der Waals surface area contributed by atoms with E-state index in [-0.39, 0.29) is 24.3 Å². The summed E-state index contributed by atoms with van der Waals surface area (Å²) in [4.78, 5) is 0. The van der Waals surface area contributed by atoms with Crippen LogP contribution < -0.4 is 14.8 Å². The van der Waals surface area contributed by atoms with Crippen LogP contribution >= 0.6 is 12.4 Å². The predicted octanol–water partition coefficient (Wildman–Crippen LogP) is 3.31. The normalized spacial score (nSPS) is 11.5. The van der Waals surface area contributed by atoms with E-state index in [1.165, 1.54) is 12.1 Å². The van der Waals surface area contributed by atoms with E-state index in [2.05, 4.69) is 5.32 Å². The van der Waals surface area contributed by atoms with Crippen LogP contribution in [-0.2, 0) is 13.2 Å². The number of hydrogen-bond acceptors (Lipinski definition) is 4. The summed E-state index contributed by atoms with van der Waals surface area (Å²) in [7, 11) is 1.59. The van der Waals surface area contributed by atoms with Crippen molar-refractivity contribution >= 4 is 12.4 Å². The fourth-order valence-corrected chi connectivity index (χ4v) is 2.11. The Morgan fingerprint density at radius 3 is 2.38 bits per heavy atom. The molecular formula is C18H23ClFNO3. The summed E-state index contributed by atoms with van der Waals surface area (Å²) in [6.07, 6.45) is -0.379. The van der Waals surface area contributed by atoms with Gasteiger partial charge in [-0.05, 0) is 42.3 Å². The Bertz CT molecular complexity index is 620. The van der Waals surface area contributed by atoms with Crippen molar-refractivity contribution in [3.8, 4) is 11.5 Å². The first kappa shape index (κ1) is 20.2. The molecule has 1 atom stereocenters. The van der Waals surface area contributed by atoms with Crippen LogP contribution in [-0.4, -0.2) is 24.9 Å². The average Bonchev–Trinajstić information content (AvgIpc) is 2.54. The van der Waals surface area contributed by atoms with Crippen LogP contribution in [0.25, 0.3) is 0 Å². The Morgan fingerprint density at radius 2 is 1.75 bits per heavy atom. The second-order valence-electron chi connectivity index (χ2n) is 5.38. The number of aliphatic hydroxyl groups is 1. The van der Waals surface area contributed by atoms with Gasteiger partial charge in [-0.3, -0.25) is 0 Å². The van der Waals surface area contributed by atoms with Crippen molar-refractivity contribution in [1.82, 2.24) is 5.32 Å². The standard InChI is InChI=1S/C18H22FNO3.ClH/c1-13(21)10-20-11-15-5-8-17(18(9-15)22-2)23-12-14-3-6-16(19)7-4-14;/h3-9,13,20-21H,10-12H2,1-2H3;1H. The topological polar surface area (TPSA) is 50.7 Å². The smallest absolute Gasteiger partial charge is 0.161 e. The maximum atomic E-state index is 12.9. The summed E-state index contributed by atoms with van der Waals surface area (Å²) in [6, 6.07) is 11.9. The first-order valence-electron chi connectivity index (χ1n) is 7.51. The molecule has 2 aromatic carbocycles. The monoisotopic (exact) mass is 355 g/mol. The first-order valence-corrected chi connectivity index (χ1v) is 7.51. The number of methoxy groups -OCH3 is 1. The third kappa shape index (κ3) is 6.35. The van der Waals surface area contributed by atoms with Gasteiger partial charge in [0.2, 0.25) is 0 Å². The molecule has 0 aromatic heterocycles. The van der Waals surface area contributed by atoms with E-state index in [1.54, 1.807) is 26.2 Å². The summed E-state index contributed by atoms with van der Waals surface area (Å²) < 4.78 is 24.0. The number of rotatable bonds is 8. The number of aliphatic hydroxyl groups excluding tert-OH is 1. The van der Waals surface area contributed by atoms with E-state index in [1.807, 2.05) is 18.2 Å². The van der Waals surface area contributed by atoms with Gasteiger partial charge in [-0.1, -0.05) is 18.2 Å². The van der Waals surface area contributed by atoms with Gasteiger partial charge >= 0.3 is 0 Å². The number of halogens is 2. The second kappa shape index (κ2) is 10.1. The van der Waals surface area contributed by atoms with Crippen molar-refractivity contribution in [2.24, 2.45) is 0 Å². The zero-order valence-electron chi connectivity index (χ0n) is 13.8. The number of nitrogens with one attached hydrogen (secondary N) is 1. The van der Waals surface area contributed by atoms with Crippen molar-refractivity contribution in [3.05, 3.63) is 59.4 Å². The molecule has 2 aromatic rings. The van der Waals surface area contributed by atoms with Crippen molar-refractivity contribution in [2.75, 3.05) is 13.7 Å². The maximum Gasteiger partial charge on any atom is 0.161 e. The molecule has 132 valence electrons. The van der Waals surface area contributed by atoms with Crippen LogP contribution in [0.2, 0.25) is 0 Å². The van der Waals surface area contributed by atoms with Gasteiger partial charge in [0.25, 0.3) is 0 Å². The molecule has 0 spiro atoms. The van der Waals surface area contributed by atoms with Gasteiger partial charge in [0.1, 0.15) is 12.4 Å². The minimum Gasteiger partial charge on any atom is -0.493 e. The van der Waals surface area contributed by atoms with Crippen LogP contribution in [0.15, 0.2) is 42.5 Å². The molecule has 0 aliphatic rings. The molecule has 1 unspecified atom stereocenters. The molecule has 0 aliphatic heterocycles. The zero-order chi connectivity index (χ0) is 16.7. The second-order valence-corrected chi connectivity index (χ2v) is 5.38. The lowest BCUT2D eigenvalue weighted by molar-refractivity contribution is 0.191. The Kier molecular flexibility index (Phi) is 8.54. The maximum absolute atomic E-state index is 12.9. The van der Waals surface area contributed by atoms with Gasteiger partial charge in [0, 0.05) is 13.1 Å². The molecule has 0 radical (unpaired) electrons. The summed E-state index contributed by atoms with van der Waals surface area (Å²) in [5.41, 5.74) is 1.92. The largest absolute Gasteiger partial charge is 0.493 e. The summed E-state index contributed by atoms with van der Waals surface area (Å²) in [5, 5.41) is 12.4. The summed E-state index contributed by atoms with van der Waals surface area (Å²) in [5.74, 6) is 1.01. The Morgan fingerprint density at radius 1 is 1.08 bits per heavy atom. The van der Waals surface area contributed by atoms with E-state index in [0.29, 0.717) is 31.2 Å². The van der Waals surface area contributed by atoms with E-state index in [4.69, 9.17) is 9.47 Å². The summed E-state index contributed by atoms with van der Waals surface area (Å²) >= 11 is 0. The lowest BCUT2D eigenvalue weighted by atomic mass is 10.2.